The standard InChI is InChI=1S/C11H10N3O6/c1-12-9(15)10(16)13-11(17)20-6-7-2-4-8(5-3-7)14(18)19/h2-5H,1,6H2,(H,12,15)(H,13,16,17). The van der Waals surface area contributed by atoms with Crippen LogP contribution in [0, 0.1) is 17.2 Å². The van der Waals surface area contributed by atoms with Gasteiger partial charge in [-0.05, 0) is 17.7 Å². The first-order chi connectivity index (χ1) is 9.43. The van der Waals surface area contributed by atoms with Gasteiger partial charge in [-0.15, -0.1) is 0 Å². The van der Waals surface area contributed by atoms with E-state index in [4.69, 9.17) is 0 Å². The minimum Gasteiger partial charge on any atom is -0.444 e. The number of ether oxygens (including phenoxy) is 1. The minimum absolute atomic E-state index is 0.0968. The van der Waals surface area contributed by atoms with Crippen molar-refractivity contribution in [3.8, 4) is 0 Å². The monoisotopic (exact) mass is 280 g/mol. The fraction of sp³-hybridized carbons (Fsp3) is 0.0909. The molecule has 1 rings (SSSR count). The van der Waals surface area contributed by atoms with E-state index < -0.39 is 22.8 Å². The highest BCUT2D eigenvalue weighted by Crippen LogP contribution is 2.12. The summed E-state index contributed by atoms with van der Waals surface area (Å²) in [4.78, 5) is 42.8. The lowest BCUT2D eigenvalue weighted by molar-refractivity contribution is -0.384. The topological polar surface area (TPSA) is 128 Å². The third kappa shape index (κ3) is 4.37. The Morgan fingerprint density at radius 3 is 2.30 bits per heavy atom. The molecule has 0 bridgehead atoms. The number of nitro groups is 1. The molecule has 0 fully saturated rings. The number of hydrogen-bond acceptors (Lipinski definition) is 6. The van der Waals surface area contributed by atoms with E-state index >= 15 is 0 Å². The molecule has 2 N–H and O–H groups in total. The average molecular weight is 280 g/mol. The maximum atomic E-state index is 11.2. The molecule has 3 amide bonds. The SMILES string of the molecule is [CH2]NC(=O)C(=O)NC(=O)OCc1ccc([N+](=O)[O-])cc1. The van der Waals surface area contributed by atoms with E-state index in [0.29, 0.717) is 5.56 Å². The lowest BCUT2D eigenvalue weighted by Crippen LogP contribution is -2.40. The molecule has 105 valence electrons. The fourth-order valence-electron chi connectivity index (χ4n) is 1.13. The number of carbonyl (C=O) groups excluding carboxylic acids is 3. The van der Waals surface area contributed by atoms with Gasteiger partial charge in [0.15, 0.2) is 0 Å². The lowest BCUT2D eigenvalue weighted by atomic mass is 10.2. The van der Waals surface area contributed by atoms with Crippen LogP contribution >= 0.6 is 0 Å². The zero-order chi connectivity index (χ0) is 15.1. The molecule has 20 heavy (non-hydrogen) atoms. The van der Waals surface area contributed by atoms with E-state index in [1.54, 1.807) is 10.6 Å². The Labute approximate surface area is 113 Å². The summed E-state index contributed by atoms with van der Waals surface area (Å²) in [5, 5.41) is 13.9. The van der Waals surface area contributed by atoms with Crippen molar-refractivity contribution >= 4 is 23.6 Å². The molecule has 0 aliphatic rings. The van der Waals surface area contributed by atoms with E-state index in [1.807, 2.05) is 0 Å². The second kappa shape index (κ2) is 6.83. The van der Waals surface area contributed by atoms with Gasteiger partial charge in [0, 0.05) is 19.2 Å². The number of non-ortho nitro benzene ring substituents is 1. The van der Waals surface area contributed by atoms with Crippen LogP contribution in [0.3, 0.4) is 0 Å². The van der Waals surface area contributed by atoms with Crippen LogP contribution in [-0.4, -0.2) is 22.8 Å². The molecule has 0 aromatic heterocycles. The average Bonchev–Trinajstić information content (AvgIpc) is 2.44. The third-order valence-electron chi connectivity index (χ3n) is 2.10. The molecule has 0 saturated carbocycles. The maximum absolute atomic E-state index is 11.2. The van der Waals surface area contributed by atoms with Gasteiger partial charge in [0.05, 0.1) is 4.92 Å². The Morgan fingerprint density at radius 1 is 1.20 bits per heavy atom. The molecule has 9 nitrogen and oxygen atoms in total. The smallest absolute Gasteiger partial charge is 0.414 e. The molecule has 9 heteroatoms. The van der Waals surface area contributed by atoms with E-state index in [9.17, 15) is 24.5 Å². The summed E-state index contributed by atoms with van der Waals surface area (Å²) in [6.07, 6.45) is -1.11. The molecular weight excluding hydrogens is 270 g/mol. The van der Waals surface area contributed by atoms with Crippen LogP contribution in [0.5, 0.6) is 0 Å². The predicted molar refractivity (Wildman–Crippen MR) is 64.9 cm³/mol. The van der Waals surface area contributed by atoms with Crippen molar-refractivity contribution in [2.75, 3.05) is 0 Å². The Hall–Kier alpha value is -2.97. The van der Waals surface area contributed by atoms with Crippen molar-refractivity contribution in [3.63, 3.8) is 0 Å². The van der Waals surface area contributed by atoms with Gasteiger partial charge in [0.1, 0.15) is 6.61 Å². The number of rotatable bonds is 3. The highest BCUT2D eigenvalue weighted by molar-refractivity contribution is 6.37. The first-order valence-corrected chi connectivity index (χ1v) is 5.22. The van der Waals surface area contributed by atoms with Crippen molar-refractivity contribution in [2.24, 2.45) is 0 Å². The van der Waals surface area contributed by atoms with Gasteiger partial charge in [-0.25, -0.2) is 4.79 Å². The van der Waals surface area contributed by atoms with Crippen molar-refractivity contribution in [1.29, 1.82) is 0 Å². The summed E-state index contributed by atoms with van der Waals surface area (Å²) < 4.78 is 4.65. The Morgan fingerprint density at radius 2 is 1.80 bits per heavy atom. The highest BCUT2D eigenvalue weighted by atomic mass is 16.6. The van der Waals surface area contributed by atoms with Gasteiger partial charge in [-0.1, -0.05) is 0 Å². The first-order valence-electron chi connectivity index (χ1n) is 5.22. The molecule has 1 aromatic carbocycles. The minimum atomic E-state index is -1.20. The number of nitro benzene ring substituents is 1. The lowest BCUT2D eigenvalue weighted by Gasteiger charge is -2.05. The van der Waals surface area contributed by atoms with Crippen LogP contribution in [0.2, 0.25) is 0 Å². The van der Waals surface area contributed by atoms with Crippen LogP contribution in [0.15, 0.2) is 24.3 Å². The van der Waals surface area contributed by atoms with Crippen molar-refractivity contribution in [3.05, 3.63) is 47.0 Å². The summed E-state index contributed by atoms with van der Waals surface area (Å²) in [5.74, 6) is -2.29. The van der Waals surface area contributed by atoms with E-state index in [-0.39, 0.29) is 12.3 Å². The fourth-order valence-corrected chi connectivity index (χ4v) is 1.13. The number of nitrogens with one attached hydrogen (secondary N) is 2. The van der Waals surface area contributed by atoms with Crippen molar-refractivity contribution in [2.45, 2.75) is 6.61 Å². The number of nitrogens with zero attached hydrogens (tertiary/aromatic N) is 1. The Bertz CT molecular complexity index is 540. The number of imide groups is 1. The van der Waals surface area contributed by atoms with Crippen LogP contribution < -0.4 is 10.6 Å². The largest absolute Gasteiger partial charge is 0.444 e. The van der Waals surface area contributed by atoms with E-state index in [0.717, 1.165) is 0 Å². The molecule has 1 aromatic rings. The van der Waals surface area contributed by atoms with Crippen LogP contribution in [0.1, 0.15) is 5.56 Å². The van der Waals surface area contributed by atoms with Gasteiger partial charge in [0.25, 0.3) is 5.69 Å². The van der Waals surface area contributed by atoms with Gasteiger partial charge >= 0.3 is 17.9 Å². The predicted octanol–water partition coefficient (Wildman–Crippen LogP) is 0.255. The second-order valence-corrected chi connectivity index (χ2v) is 3.46. The number of benzene rings is 1. The maximum Gasteiger partial charge on any atom is 0.414 e. The van der Waals surface area contributed by atoms with Gasteiger partial charge in [-0.3, -0.25) is 25.0 Å². The molecule has 0 saturated heterocycles. The van der Waals surface area contributed by atoms with Crippen molar-refractivity contribution < 1.29 is 24.0 Å². The third-order valence-corrected chi connectivity index (χ3v) is 2.10. The number of amides is 3. The van der Waals surface area contributed by atoms with Crippen LogP contribution in [0.25, 0.3) is 0 Å². The molecule has 1 radical (unpaired) electrons. The molecule has 0 heterocycles. The zero-order valence-electron chi connectivity index (χ0n) is 10.1. The van der Waals surface area contributed by atoms with Crippen molar-refractivity contribution in [1.82, 2.24) is 10.6 Å². The number of alkyl carbamates (subject to hydrolysis) is 1. The van der Waals surface area contributed by atoms with Crippen LogP contribution in [-0.2, 0) is 20.9 Å². The molecule has 0 unspecified atom stereocenters. The second-order valence-electron chi connectivity index (χ2n) is 3.46. The first kappa shape index (κ1) is 15.1. The number of carbonyl (C=O) groups is 3. The molecule has 0 aliphatic carbocycles. The van der Waals surface area contributed by atoms with Crippen LogP contribution in [0.4, 0.5) is 10.5 Å². The van der Waals surface area contributed by atoms with Gasteiger partial charge in [-0.2, -0.15) is 0 Å². The summed E-state index contributed by atoms with van der Waals surface area (Å²) in [6, 6.07) is 5.29. The molecule has 0 atom stereocenters. The molecule has 0 spiro atoms. The van der Waals surface area contributed by atoms with Gasteiger partial charge in [0.2, 0.25) is 0 Å². The number of hydrogen-bond donors (Lipinski definition) is 2. The summed E-state index contributed by atoms with van der Waals surface area (Å²) in [5.41, 5.74) is 0.389. The zero-order valence-corrected chi connectivity index (χ0v) is 10.1. The molecular formula is C11H10N3O6. The van der Waals surface area contributed by atoms with E-state index in [1.165, 1.54) is 24.3 Å². The summed E-state index contributed by atoms with van der Waals surface area (Å²) in [7, 11) is 2.96. The Kier molecular flexibility index (Phi) is 5.15. The normalized spacial score (nSPS) is 9.45. The Balaban J connectivity index is 2.47. The molecule has 0 aliphatic heterocycles. The summed E-state index contributed by atoms with van der Waals surface area (Å²) in [6.45, 7) is -0.205. The summed E-state index contributed by atoms with van der Waals surface area (Å²) >= 11 is 0. The highest BCUT2D eigenvalue weighted by Gasteiger charge is 2.15. The van der Waals surface area contributed by atoms with Gasteiger partial charge < -0.3 is 10.1 Å². The van der Waals surface area contributed by atoms with E-state index in [2.05, 4.69) is 11.8 Å². The quantitative estimate of drug-likeness (QED) is 0.464.